The highest BCUT2D eigenvalue weighted by atomic mass is 19.1. The number of amides is 3. The van der Waals surface area contributed by atoms with Crippen LogP contribution in [0.1, 0.15) is 93.5 Å². The quantitative estimate of drug-likeness (QED) is 0.0375. The van der Waals surface area contributed by atoms with Crippen molar-refractivity contribution in [2.75, 3.05) is 66.1 Å². The lowest BCUT2D eigenvalue weighted by atomic mass is 9.82. The van der Waals surface area contributed by atoms with E-state index in [1.165, 1.54) is 24.5 Å². The lowest BCUT2D eigenvalue weighted by Gasteiger charge is -2.26. The molecule has 0 bridgehead atoms. The second-order valence-electron chi connectivity index (χ2n) is 18.1. The second kappa shape index (κ2) is 26.7. The minimum absolute atomic E-state index is 0.0592. The molecule has 0 saturated heterocycles. The molecule has 3 amide bonds. The van der Waals surface area contributed by atoms with E-state index in [2.05, 4.69) is 58.3 Å². The molecule has 360 valence electrons. The first-order valence-electron chi connectivity index (χ1n) is 23.5. The minimum Gasteiger partial charge on any atom is -0.497 e. The Balaban J connectivity index is 1.13. The number of carbonyl (C=O) groups is 3. The van der Waals surface area contributed by atoms with Crippen molar-refractivity contribution in [2.45, 2.75) is 97.1 Å². The number of nitrogens with two attached hydrogens (primary N) is 2. The number of rotatable bonds is 31. The van der Waals surface area contributed by atoms with Crippen molar-refractivity contribution in [1.82, 2.24) is 35.8 Å². The summed E-state index contributed by atoms with van der Waals surface area (Å²) in [5.74, 6) is 1.70. The van der Waals surface area contributed by atoms with Crippen LogP contribution in [0, 0.1) is 17.2 Å². The van der Waals surface area contributed by atoms with Gasteiger partial charge < -0.3 is 46.9 Å². The molecule has 1 saturated carbocycles. The van der Waals surface area contributed by atoms with Crippen molar-refractivity contribution in [3.63, 3.8) is 0 Å². The van der Waals surface area contributed by atoms with Gasteiger partial charge in [-0.25, -0.2) is 4.39 Å². The molecule has 1 fully saturated rings. The maximum Gasteiger partial charge on any atom is 0.221 e. The van der Waals surface area contributed by atoms with Gasteiger partial charge in [0.25, 0.3) is 0 Å². The Morgan fingerprint density at radius 2 is 1.59 bits per heavy atom. The van der Waals surface area contributed by atoms with Crippen LogP contribution in [-0.4, -0.2) is 109 Å². The molecule has 5 rings (SSSR count). The maximum absolute atomic E-state index is 15.5. The van der Waals surface area contributed by atoms with Crippen molar-refractivity contribution >= 4 is 17.7 Å². The molecule has 16 heteroatoms. The van der Waals surface area contributed by atoms with Crippen LogP contribution < -0.4 is 36.9 Å². The van der Waals surface area contributed by atoms with Crippen LogP contribution in [0.3, 0.4) is 0 Å². The zero-order chi connectivity index (χ0) is 47.3. The molecule has 3 aromatic carbocycles. The number of hydrogen-bond donors (Lipinski definition) is 6. The highest BCUT2D eigenvalue weighted by molar-refractivity contribution is 5.77. The summed E-state index contributed by atoms with van der Waals surface area (Å²) >= 11 is 0. The Bertz CT molecular complexity index is 2120. The van der Waals surface area contributed by atoms with E-state index in [1.807, 2.05) is 40.0 Å². The van der Waals surface area contributed by atoms with Gasteiger partial charge in [-0.15, -0.1) is 5.10 Å². The maximum atomic E-state index is 15.5. The molecule has 1 aliphatic rings. The summed E-state index contributed by atoms with van der Waals surface area (Å²) in [4.78, 5) is 39.0. The Kier molecular flexibility index (Phi) is 20.8. The van der Waals surface area contributed by atoms with Crippen molar-refractivity contribution in [1.29, 1.82) is 0 Å². The summed E-state index contributed by atoms with van der Waals surface area (Å²) in [5.41, 5.74) is 15.9. The summed E-state index contributed by atoms with van der Waals surface area (Å²) in [6, 6.07) is 19.1. The van der Waals surface area contributed by atoms with E-state index >= 15 is 4.39 Å². The molecular formula is C50H72FN9O6. The van der Waals surface area contributed by atoms with Gasteiger partial charge in [0.15, 0.2) is 0 Å². The van der Waals surface area contributed by atoms with Crippen LogP contribution in [0.15, 0.2) is 66.9 Å². The van der Waals surface area contributed by atoms with E-state index in [0.717, 1.165) is 41.0 Å². The Morgan fingerprint density at radius 1 is 0.879 bits per heavy atom. The number of hydrogen-bond acceptors (Lipinski definition) is 11. The summed E-state index contributed by atoms with van der Waals surface area (Å²) in [5, 5.41) is 27.1. The fourth-order valence-corrected chi connectivity index (χ4v) is 8.33. The largest absolute Gasteiger partial charge is 0.497 e. The van der Waals surface area contributed by atoms with Crippen molar-refractivity contribution in [3.8, 4) is 22.6 Å². The minimum atomic E-state index is -0.331. The summed E-state index contributed by atoms with van der Waals surface area (Å²) < 4.78 is 29.2. The number of aromatic nitrogens is 3. The van der Waals surface area contributed by atoms with Gasteiger partial charge in [-0.05, 0) is 115 Å². The number of methoxy groups -OCH3 is 1. The number of aliphatic hydroxyl groups excluding tert-OH is 1. The molecule has 66 heavy (non-hydrogen) atoms. The zero-order valence-electron chi connectivity index (χ0n) is 39.2. The molecule has 1 aromatic heterocycles. The second-order valence-corrected chi connectivity index (χ2v) is 18.1. The van der Waals surface area contributed by atoms with E-state index in [0.29, 0.717) is 114 Å². The van der Waals surface area contributed by atoms with Crippen molar-refractivity contribution in [2.24, 2.45) is 22.8 Å². The third-order valence-electron chi connectivity index (χ3n) is 11.9. The van der Waals surface area contributed by atoms with E-state index < -0.39 is 0 Å². The third-order valence-corrected chi connectivity index (χ3v) is 11.9. The fourth-order valence-electron chi connectivity index (χ4n) is 8.33. The molecule has 0 aliphatic heterocycles. The first-order chi connectivity index (χ1) is 31.9. The lowest BCUT2D eigenvalue weighted by molar-refractivity contribution is -0.123. The normalized spacial score (nSPS) is 13.1. The van der Waals surface area contributed by atoms with Gasteiger partial charge in [0.1, 0.15) is 23.9 Å². The van der Waals surface area contributed by atoms with Crippen molar-refractivity contribution in [3.05, 3.63) is 95.1 Å². The highest BCUT2D eigenvalue weighted by Crippen LogP contribution is 2.45. The molecular weight excluding hydrogens is 842 g/mol. The van der Waals surface area contributed by atoms with E-state index in [9.17, 15) is 19.5 Å². The average molecular weight is 914 g/mol. The highest BCUT2D eigenvalue weighted by Gasteiger charge is 2.32. The number of ether oxygens (including phenoxy) is 2. The molecule has 1 heterocycles. The monoisotopic (exact) mass is 914 g/mol. The number of aryl methyl sites for hydroxylation is 1. The topological polar surface area (TPSA) is 212 Å². The summed E-state index contributed by atoms with van der Waals surface area (Å²) in [6.07, 6.45) is 8.72. The number of halogens is 1. The molecule has 1 aliphatic carbocycles. The Hall–Kier alpha value is -5.42. The number of unbranched alkanes of at least 4 members (excludes halogenated alkanes) is 1. The van der Waals surface area contributed by atoms with Crippen LogP contribution >= 0.6 is 0 Å². The van der Waals surface area contributed by atoms with E-state index in [1.54, 1.807) is 19.2 Å². The molecule has 0 radical (unpaired) electrons. The van der Waals surface area contributed by atoms with Gasteiger partial charge in [0.05, 0.1) is 12.8 Å². The van der Waals surface area contributed by atoms with Gasteiger partial charge in [-0.3, -0.25) is 19.1 Å². The fraction of sp³-hybridized carbons (Fsp3) is 0.540. The van der Waals surface area contributed by atoms with E-state index in [-0.39, 0.29) is 48.4 Å². The number of aliphatic hydroxyl groups is 1. The molecule has 15 nitrogen and oxygen atoms in total. The van der Waals surface area contributed by atoms with E-state index in [4.69, 9.17) is 20.9 Å². The molecule has 1 atom stereocenters. The molecule has 0 spiro atoms. The van der Waals surface area contributed by atoms with Gasteiger partial charge in [0.2, 0.25) is 17.7 Å². The average Bonchev–Trinajstić information content (AvgIpc) is 4.06. The Labute approximate surface area is 389 Å². The van der Waals surface area contributed by atoms with Crippen LogP contribution in [0.4, 0.5) is 4.39 Å². The van der Waals surface area contributed by atoms with Crippen LogP contribution in [-0.2, 0) is 40.4 Å². The smallest absolute Gasteiger partial charge is 0.221 e. The predicted octanol–water partition coefficient (Wildman–Crippen LogP) is 4.88. The van der Waals surface area contributed by atoms with Crippen LogP contribution in [0.25, 0.3) is 11.1 Å². The van der Waals surface area contributed by atoms with Crippen molar-refractivity contribution < 1.29 is 33.4 Å². The zero-order valence-corrected chi connectivity index (χ0v) is 39.2. The number of carbonyl (C=O) groups excluding carboxylic acids is 3. The molecule has 8 N–H and O–H groups in total. The standard InChI is InChI=1S/C50H72FN9O6/c1-50(2,35-60-33-40(57-58-60)8-4-5-10-47(62)56-24-27-59(25-17-48(63)54-22-20-52)26-18-49(64)55-23-21-53)32-39-29-36(11-15-44(39)45-31-41(65-3)14-16-46(45)51)34-66-42-9-6-7-38(30-42)43(19-28-61)37-12-13-37/h6-7,9,11,14-16,29-31,33,37,43,61H,4-5,8,10,12-13,17-28,32,34-35,52-53H2,1-3H3,(H,54,63)(H,55,64)(H,56,62)/t43-/m0/s1. The number of nitrogens with zero attached hydrogens (tertiary/aromatic N) is 4. The van der Waals surface area contributed by atoms with Gasteiger partial charge in [-0.2, -0.15) is 0 Å². The summed E-state index contributed by atoms with van der Waals surface area (Å²) in [6.45, 7) is 8.73. The summed E-state index contributed by atoms with van der Waals surface area (Å²) in [7, 11) is 1.57. The number of nitrogens with one attached hydrogen (secondary N) is 3. The lowest BCUT2D eigenvalue weighted by Crippen LogP contribution is -2.40. The third kappa shape index (κ3) is 17.4. The SMILES string of the molecule is COc1ccc(F)c(-c2ccc(COc3cccc([C@@H](CCO)C4CC4)c3)cc2CC(C)(C)Cn2cc(CCCCC(=O)NCCN(CCC(=O)NCCN)CCC(=O)NCCN)nn2)c1. The van der Waals surface area contributed by atoms with Crippen LogP contribution in [0.2, 0.25) is 0 Å². The predicted molar refractivity (Wildman–Crippen MR) is 254 cm³/mol. The van der Waals surface area contributed by atoms with Gasteiger partial charge in [-0.1, -0.05) is 49.4 Å². The molecule has 4 aromatic rings. The first-order valence-corrected chi connectivity index (χ1v) is 23.5. The first kappa shape index (κ1) is 51.6. The molecule has 0 unspecified atom stereocenters. The number of benzene rings is 3. The van der Waals surface area contributed by atoms with Crippen LogP contribution in [0.5, 0.6) is 11.5 Å². The Morgan fingerprint density at radius 3 is 2.27 bits per heavy atom. The van der Waals surface area contributed by atoms with Gasteiger partial charge >= 0.3 is 0 Å². The van der Waals surface area contributed by atoms with Gasteiger partial charge in [0, 0.05) is 96.5 Å².